The largest absolute Gasteiger partial charge is 0.457 e. The summed E-state index contributed by atoms with van der Waals surface area (Å²) in [6, 6.07) is 11.6. The van der Waals surface area contributed by atoms with Crippen LogP contribution >= 0.6 is 0 Å². The van der Waals surface area contributed by atoms with Gasteiger partial charge in [-0.1, -0.05) is 6.58 Å². The lowest BCUT2D eigenvalue weighted by Gasteiger charge is -2.43. The van der Waals surface area contributed by atoms with Gasteiger partial charge in [0.1, 0.15) is 35.5 Å². The number of ether oxygens (including phenoxy) is 1. The Morgan fingerprint density at radius 3 is 2.80 bits per heavy atom. The summed E-state index contributed by atoms with van der Waals surface area (Å²) in [7, 11) is 0. The van der Waals surface area contributed by atoms with Crippen LogP contribution < -0.4 is 15.0 Å². The Balaban J connectivity index is 1.09. The summed E-state index contributed by atoms with van der Waals surface area (Å²) < 4.78 is 21.7. The number of rotatable bonds is 5. The Labute approximate surface area is 252 Å². The first kappa shape index (κ1) is 26.5. The van der Waals surface area contributed by atoms with E-state index in [9.17, 15) is 9.18 Å². The molecule has 0 spiro atoms. The van der Waals surface area contributed by atoms with Crippen molar-refractivity contribution >= 4 is 39.9 Å². The third kappa shape index (κ3) is 4.57. The van der Waals surface area contributed by atoms with Gasteiger partial charge in [-0.05, 0) is 79.5 Å². The van der Waals surface area contributed by atoms with E-state index in [2.05, 4.69) is 42.9 Å². The molecule has 1 saturated heterocycles. The topological polar surface area (TPSA) is 114 Å². The minimum absolute atomic E-state index is 0.0789. The highest BCUT2D eigenvalue weighted by Gasteiger charge is 2.42. The van der Waals surface area contributed by atoms with Crippen molar-refractivity contribution in [3.05, 3.63) is 78.8 Å². The molecule has 1 atom stereocenters. The van der Waals surface area contributed by atoms with Gasteiger partial charge in [0.25, 0.3) is 5.91 Å². The number of fused-ring (bicyclic) bond motifs is 2. The van der Waals surface area contributed by atoms with E-state index in [0.29, 0.717) is 54.2 Å². The van der Waals surface area contributed by atoms with Crippen LogP contribution in [0.3, 0.4) is 0 Å². The highest BCUT2D eigenvalue weighted by Crippen LogP contribution is 2.49. The molecule has 12 heteroatoms. The number of hydrogen-bond acceptors (Lipinski definition) is 9. The fourth-order valence-corrected chi connectivity index (χ4v) is 6.84. The van der Waals surface area contributed by atoms with Gasteiger partial charge in [0.05, 0.1) is 5.52 Å². The molecule has 0 radical (unpaired) electrons. The highest BCUT2D eigenvalue weighted by molar-refractivity contribution is 5.91. The monoisotopic (exact) mass is 591 g/mol. The van der Waals surface area contributed by atoms with Crippen molar-refractivity contribution in [3.8, 4) is 11.5 Å². The first-order valence-corrected chi connectivity index (χ1v) is 14.8. The predicted octanol–water partition coefficient (Wildman–Crippen LogP) is 5.31. The molecule has 4 bridgehead atoms. The van der Waals surface area contributed by atoms with Gasteiger partial charge < -0.3 is 19.9 Å². The van der Waals surface area contributed by atoms with Crippen LogP contribution in [-0.4, -0.2) is 66.0 Å². The summed E-state index contributed by atoms with van der Waals surface area (Å²) in [5.74, 6) is 2.30. The average molecular weight is 592 g/mol. The smallest absolute Gasteiger partial charge is 0.282 e. The number of hydrogen-bond donors (Lipinski definition) is 1. The van der Waals surface area contributed by atoms with E-state index in [-0.39, 0.29) is 6.04 Å². The second-order valence-electron chi connectivity index (χ2n) is 11.9. The van der Waals surface area contributed by atoms with Crippen LogP contribution in [0.4, 0.5) is 21.7 Å². The molecule has 1 unspecified atom stereocenters. The number of nitrogens with one attached hydrogen (secondary N) is 1. The number of amides is 1. The number of pyridine rings is 2. The Hall–Kier alpha value is -5.13. The van der Waals surface area contributed by atoms with Crippen LogP contribution in [-0.2, 0) is 4.79 Å². The number of anilines is 3. The molecule has 44 heavy (non-hydrogen) atoms. The van der Waals surface area contributed by atoms with E-state index in [4.69, 9.17) is 9.72 Å². The Morgan fingerprint density at radius 2 is 1.95 bits per heavy atom. The lowest BCUT2D eigenvalue weighted by atomic mass is 9.69. The Kier molecular flexibility index (Phi) is 6.17. The number of aromatic nitrogens is 6. The van der Waals surface area contributed by atoms with Gasteiger partial charge in [-0.2, -0.15) is 5.10 Å². The van der Waals surface area contributed by atoms with Gasteiger partial charge in [0.15, 0.2) is 17.3 Å². The third-order valence-corrected chi connectivity index (χ3v) is 9.09. The molecule has 1 aliphatic carbocycles. The standard InChI is InChI=1S/C32H30FN9O2/c1-18-9-22(3-4-27(18)44-24-5-6-42-28(13-24)35-17-37-42)38-30-29-26(34-16-36-30)14-25-21-10-20(11-21)12-23-15-40(31(25)39-29)7-8-41(23)32(43)19(2)33/h3-6,9,13-14,16-17,20-21,23H,2,7-8,10-12,15H2,1H3,(H,34,36,38). The van der Waals surface area contributed by atoms with Gasteiger partial charge in [0.2, 0.25) is 0 Å². The van der Waals surface area contributed by atoms with Crippen molar-refractivity contribution < 1.29 is 13.9 Å². The van der Waals surface area contributed by atoms with Gasteiger partial charge in [-0.3, -0.25) is 4.79 Å². The highest BCUT2D eigenvalue weighted by atomic mass is 19.1. The van der Waals surface area contributed by atoms with Crippen LogP contribution in [0.1, 0.15) is 36.3 Å². The van der Waals surface area contributed by atoms with Crippen molar-refractivity contribution in [2.75, 3.05) is 29.9 Å². The second-order valence-corrected chi connectivity index (χ2v) is 11.9. The molecule has 7 heterocycles. The number of halogens is 1. The molecule has 2 fully saturated rings. The van der Waals surface area contributed by atoms with Crippen LogP contribution in [0.25, 0.3) is 16.7 Å². The number of nitrogens with zero attached hydrogens (tertiary/aromatic N) is 8. The number of carbonyl (C=O) groups is 1. The van der Waals surface area contributed by atoms with E-state index >= 15 is 0 Å². The summed E-state index contributed by atoms with van der Waals surface area (Å²) in [5, 5.41) is 7.57. The van der Waals surface area contributed by atoms with Crippen molar-refractivity contribution in [1.29, 1.82) is 0 Å². The molecule has 4 aliphatic rings. The lowest BCUT2D eigenvalue weighted by Crippen LogP contribution is -2.56. The quantitative estimate of drug-likeness (QED) is 0.272. The zero-order valence-electron chi connectivity index (χ0n) is 24.2. The summed E-state index contributed by atoms with van der Waals surface area (Å²) in [5.41, 5.74) is 5.14. The fraction of sp³-hybridized carbons (Fsp3) is 0.312. The zero-order valence-corrected chi connectivity index (χ0v) is 24.2. The molecule has 1 aromatic carbocycles. The molecule has 222 valence electrons. The summed E-state index contributed by atoms with van der Waals surface area (Å²) in [6.07, 6.45) is 7.79. The summed E-state index contributed by atoms with van der Waals surface area (Å²) in [6.45, 7) is 6.85. The molecule has 1 saturated carbocycles. The summed E-state index contributed by atoms with van der Waals surface area (Å²) in [4.78, 5) is 35.0. The van der Waals surface area contributed by atoms with Gasteiger partial charge in [-0.25, -0.2) is 28.8 Å². The normalized spacial score (nSPS) is 20.7. The number of benzene rings is 1. The minimum Gasteiger partial charge on any atom is -0.457 e. The van der Waals surface area contributed by atoms with Crippen molar-refractivity contribution in [2.45, 2.75) is 38.1 Å². The van der Waals surface area contributed by atoms with Crippen molar-refractivity contribution in [1.82, 2.24) is 34.4 Å². The Bertz CT molecular complexity index is 1950. The van der Waals surface area contributed by atoms with Crippen molar-refractivity contribution in [3.63, 3.8) is 0 Å². The molecule has 5 aromatic rings. The third-order valence-electron chi connectivity index (χ3n) is 9.09. The zero-order chi connectivity index (χ0) is 29.9. The SMILES string of the molecule is C=C(F)C(=O)N1CCN2CC1CC1CC(C1)c1cc3ncnc(Nc4ccc(Oc5ccn6ncnc6c5)c(C)c4)c3nc12. The molecule has 3 aliphatic heterocycles. The fourth-order valence-electron chi connectivity index (χ4n) is 6.84. The number of aryl methyl sites for hydroxylation is 1. The van der Waals surface area contributed by atoms with Gasteiger partial charge in [0, 0.05) is 43.6 Å². The van der Waals surface area contributed by atoms with E-state index in [1.54, 1.807) is 15.7 Å². The molecular formula is C32H30FN9O2. The van der Waals surface area contributed by atoms with Gasteiger partial charge in [-0.15, -0.1) is 0 Å². The maximum Gasteiger partial charge on any atom is 0.282 e. The first-order chi connectivity index (χ1) is 21.4. The van der Waals surface area contributed by atoms with E-state index in [0.717, 1.165) is 47.6 Å². The maximum absolute atomic E-state index is 13.9. The molecule has 1 amide bonds. The second kappa shape index (κ2) is 10.2. The average Bonchev–Trinajstić information content (AvgIpc) is 3.49. The summed E-state index contributed by atoms with van der Waals surface area (Å²) >= 11 is 0. The van der Waals surface area contributed by atoms with E-state index in [1.807, 2.05) is 43.5 Å². The van der Waals surface area contributed by atoms with Crippen LogP contribution in [0.2, 0.25) is 0 Å². The Morgan fingerprint density at radius 1 is 1.07 bits per heavy atom. The minimum atomic E-state index is -0.898. The first-order valence-electron chi connectivity index (χ1n) is 14.8. The lowest BCUT2D eigenvalue weighted by molar-refractivity contribution is -0.131. The van der Waals surface area contributed by atoms with E-state index in [1.165, 1.54) is 11.9 Å². The van der Waals surface area contributed by atoms with E-state index < -0.39 is 11.7 Å². The molecule has 4 aromatic heterocycles. The molecule has 9 rings (SSSR count). The van der Waals surface area contributed by atoms with Crippen molar-refractivity contribution in [2.24, 2.45) is 5.92 Å². The van der Waals surface area contributed by atoms with Crippen LogP contribution in [0.15, 0.2) is 67.7 Å². The maximum atomic E-state index is 13.9. The van der Waals surface area contributed by atoms with Gasteiger partial charge >= 0.3 is 0 Å². The molecule has 1 N–H and O–H groups in total. The van der Waals surface area contributed by atoms with Crippen LogP contribution in [0.5, 0.6) is 11.5 Å². The number of carbonyl (C=O) groups excluding carboxylic acids is 1. The number of piperazine rings is 1. The predicted molar refractivity (Wildman–Crippen MR) is 163 cm³/mol. The molecular weight excluding hydrogens is 561 g/mol. The molecule has 11 nitrogen and oxygen atoms in total. The van der Waals surface area contributed by atoms with Crippen LogP contribution in [0, 0.1) is 12.8 Å².